The maximum absolute atomic E-state index is 6.06. The van der Waals surface area contributed by atoms with Crippen LogP contribution < -0.4 is 4.74 Å². The van der Waals surface area contributed by atoms with Crippen molar-refractivity contribution in [1.29, 1.82) is 0 Å². The molecule has 3 aromatic carbocycles. The summed E-state index contributed by atoms with van der Waals surface area (Å²) in [6.45, 7) is 2.63. The van der Waals surface area contributed by atoms with E-state index >= 15 is 0 Å². The van der Waals surface area contributed by atoms with Gasteiger partial charge in [0.1, 0.15) is 12.4 Å². The van der Waals surface area contributed by atoms with Gasteiger partial charge in [-0.25, -0.2) is 0 Å². The van der Waals surface area contributed by atoms with Gasteiger partial charge in [0, 0.05) is 11.1 Å². The maximum atomic E-state index is 6.06. The maximum Gasteiger partial charge on any atom is 0.127 e. The molecule has 0 atom stereocenters. The second-order valence-corrected chi connectivity index (χ2v) is 5.44. The van der Waals surface area contributed by atoms with Gasteiger partial charge in [-0.2, -0.15) is 0 Å². The van der Waals surface area contributed by atoms with Gasteiger partial charge in [0.2, 0.25) is 0 Å². The Morgan fingerprint density at radius 1 is 0.870 bits per heavy atom. The minimum absolute atomic E-state index is 0.537. The van der Waals surface area contributed by atoms with E-state index in [9.17, 15) is 0 Å². The fraction of sp³-hybridized carbons (Fsp3) is 0.0909. The number of terminal acetylenes is 1. The van der Waals surface area contributed by atoms with E-state index in [1.165, 1.54) is 5.56 Å². The van der Waals surface area contributed by atoms with Crippen LogP contribution in [0.15, 0.2) is 72.8 Å². The van der Waals surface area contributed by atoms with Crippen LogP contribution in [0.4, 0.5) is 0 Å². The third kappa shape index (κ3) is 3.44. The van der Waals surface area contributed by atoms with Gasteiger partial charge >= 0.3 is 0 Å². The summed E-state index contributed by atoms with van der Waals surface area (Å²) in [5.41, 5.74) is 5.38. The van der Waals surface area contributed by atoms with E-state index in [4.69, 9.17) is 11.2 Å². The van der Waals surface area contributed by atoms with Gasteiger partial charge in [-0.15, -0.1) is 6.42 Å². The Kier molecular flexibility index (Phi) is 4.45. The van der Waals surface area contributed by atoms with Crippen LogP contribution in [0.25, 0.3) is 11.1 Å². The smallest absolute Gasteiger partial charge is 0.127 e. The monoisotopic (exact) mass is 298 g/mol. The van der Waals surface area contributed by atoms with E-state index in [1.54, 1.807) is 0 Å². The molecule has 0 aliphatic carbocycles. The van der Waals surface area contributed by atoms with E-state index in [0.717, 1.165) is 28.0 Å². The molecule has 0 bridgehead atoms. The van der Waals surface area contributed by atoms with Crippen LogP contribution >= 0.6 is 0 Å². The Morgan fingerprint density at radius 2 is 1.61 bits per heavy atom. The number of rotatable bonds is 4. The molecule has 0 amide bonds. The number of aryl methyl sites for hydroxylation is 1. The van der Waals surface area contributed by atoms with Crippen LogP contribution in [-0.4, -0.2) is 0 Å². The van der Waals surface area contributed by atoms with Crippen molar-refractivity contribution in [2.75, 3.05) is 0 Å². The fourth-order valence-electron chi connectivity index (χ4n) is 2.57. The van der Waals surface area contributed by atoms with Crippen LogP contribution in [-0.2, 0) is 6.61 Å². The molecule has 3 aromatic rings. The van der Waals surface area contributed by atoms with Crippen molar-refractivity contribution in [2.45, 2.75) is 13.5 Å². The normalized spacial score (nSPS) is 10.1. The topological polar surface area (TPSA) is 9.23 Å². The molecule has 112 valence electrons. The second-order valence-electron chi connectivity index (χ2n) is 5.44. The van der Waals surface area contributed by atoms with Gasteiger partial charge in [0.15, 0.2) is 0 Å². The summed E-state index contributed by atoms with van der Waals surface area (Å²) in [4.78, 5) is 0. The molecule has 0 heterocycles. The number of benzene rings is 3. The van der Waals surface area contributed by atoms with E-state index in [0.29, 0.717) is 6.61 Å². The minimum atomic E-state index is 0.537. The molecule has 0 saturated heterocycles. The second kappa shape index (κ2) is 6.85. The van der Waals surface area contributed by atoms with Gasteiger partial charge in [-0.1, -0.05) is 60.5 Å². The van der Waals surface area contributed by atoms with Gasteiger partial charge in [0.05, 0.1) is 0 Å². The Bertz CT molecular complexity index is 841. The molecule has 1 heteroatoms. The van der Waals surface area contributed by atoms with Gasteiger partial charge in [-0.3, -0.25) is 0 Å². The minimum Gasteiger partial charge on any atom is -0.488 e. The van der Waals surface area contributed by atoms with Crippen LogP contribution in [0.1, 0.15) is 16.7 Å². The van der Waals surface area contributed by atoms with Crippen molar-refractivity contribution in [3.05, 3.63) is 89.5 Å². The van der Waals surface area contributed by atoms with Gasteiger partial charge < -0.3 is 4.74 Å². The molecule has 0 N–H and O–H groups in total. The summed E-state index contributed by atoms with van der Waals surface area (Å²) in [6.07, 6.45) is 5.56. The van der Waals surface area contributed by atoms with Gasteiger partial charge in [0.25, 0.3) is 0 Å². The summed E-state index contributed by atoms with van der Waals surface area (Å²) in [7, 11) is 0. The molecule has 0 saturated carbocycles. The summed E-state index contributed by atoms with van der Waals surface area (Å²) in [5.74, 6) is 3.55. The average molecular weight is 298 g/mol. The third-order valence-corrected chi connectivity index (χ3v) is 3.82. The lowest BCUT2D eigenvalue weighted by Crippen LogP contribution is -1.98. The number of ether oxygens (including phenoxy) is 1. The Morgan fingerprint density at radius 3 is 2.35 bits per heavy atom. The van der Waals surface area contributed by atoms with Crippen molar-refractivity contribution in [3.63, 3.8) is 0 Å². The van der Waals surface area contributed by atoms with Crippen LogP contribution in [0.3, 0.4) is 0 Å². The van der Waals surface area contributed by atoms with E-state index < -0.39 is 0 Å². The highest BCUT2D eigenvalue weighted by Crippen LogP contribution is 2.33. The molecular formula is C22H18O. The zero-order valence-corrected chi connectivity index (χ0v) is 13.1. The zero-order valence-electron chi connectivity index (χ0n) is 13.1. The molecule has 0 aromatic heterocycles. The van der Waals surface area contributed by atoms with E-state index in [2.05, 4.69) is 37.1 Å². The first kappa shape index (κ1) is 14.9. The predicted molar refractivity (Wildman–Crippen MR) is 95.3 cm³/mol. The molecule has 0 radical (unpaired) electrons. The molecule has 0 spiro atoms. The van der Waals surface area contributed by atoms with Crippen LogP contribution in [0.5, 0.6) is 5.75 Å². The Hall–Kier alpha value is -2.98. The number of hydrogen-bond acceptors (Lipinski definition) is 1. The molecule has 1 nitrogen and oxygen atoms in total. The van der Waals surface area contributed by atoms with E-state index in [-0.39, 0.29) is 0 Å². The van der Waals surface area contributed by atoms with Crippen LogP contribution in [0.2, 0.25) is 0 Å². The first-order valence-electron chi connectivity index (χ1n) is 7.61. The third-order valence-electron chi connectivity index (χ3n) is 3.82. The standard InChI is InChI=1S/C22H18O/c1-3-18-13-14-22(23-16-19-10-5-4-6-11-19)21(15-18)20-12-8-7-9-17(20)2/h1,4-15H,16H2,2H3. The molecule has 0 aliphatic rings. The Labute approximate surface area is 137 Å². The van der Waals surface area contributed by atoms with Crippen molar-refractivity contribution < 1.29 is 4.74 Å². The molecule has 0 aliphatic heterocycles. The molecule has 0 unspecified atom stereocenters. The van der Waals surface area contributed by atoms with Crippen LogP contribution in [0, 0.1) is 19.3 Å². The zero-order chi connectivity index (χ0) is 16.1. The first-order valence-corrected chi connectivity index (χ1v) is 7.61. The molecule has 0 fully saturated rings. The summed E-state index contributed by atoms with van der Waals surface area (Å²) < 4.78 is 6.06. The van der Waals surface area contributed by atoms with Crippen molar-refractivity contribution in [2.24, 2.45) is 0 Å². The number of hydrogen-bond donors (Lipinski definition) is 0. The molecule has 23 heavy (non-hydrogen) atoms. The average Bonchev–Trinajstić information content (AvgIpc) is 2.61. The highest BCUT2D eigenvalue weighted by Gasteiger charge is 2.10. The predicted octanol–water partition coefficient (Wildman–Crippen LogP) is 5.22. The lowest BCUT2D eigenvalue weighted by Gasteiger charge is -2.14. The largest absolute Gasteiger partial charge is 0.488 e. The Balaban J connectivity index is 1.97. The SMILES string of the molecule is C#Cc1ccc(OCc2ccccc2)c(-c2ccccc2C)c1. The highest BCUT2D eigenvalue weighted by molar-refractivity contribution is 5.74. The summed E-state index contributed by atoms with van der Waals surface area (Å²) in [5, 5.41) is 0. The lowest BCUT2D eigenvalue weighted by atomic mass is 9.98. The lowest BCUT2D eigenvalue weighted by molar-refractivity contribution is 0.307. The molecule has 3 rings (SSSR count). The van der Waals surface area contributed by atoms with E-state index in [1.807, 2.05) is 48.5 Å². The summed E-state index contributed by atoms with van der Waals surface area (Å²) >= 11 is 0. The summed E-state index contributed by atoms with van der Waals surface area (Å²) in [6, 6.07) is 24.3. The molecular weight excluding hydrogens is 280 g/mol. The van der Waals surface area contributed by atoms with Crippen molar-refractivity contribution >= 4 is 0 Å². The van der Waals surface area contributed by atoms with Crippen molar-refractivity contribution in [1.82, 2.24) is 0 Å². The fourth-order valence-corrected chi connectivity index (χ4v) is 2.57. The van der Waals surface area contributed by atoms with Crippen molar-refractivity contribution in [3.8, 4) is 29.2 Å². The quantitative estimate of drug-likeness (QED) is 0.600. The van der Waals surface area contributed by atoms with Gasteiger partial charge in [-0.05, 0) is 41.8 Å². The highest BCUT2D eigenvalue weighted by atomic mass is 16.5. The first-order chi connectivity index (χ1) is 11.3.